The number of nitrogens with zero attached hydrogens (tertiary/aromatic N) is 4. The minimum Gasteiger partial charge on any atom is -0.378 e. The molecule has 1 atom stereocenters. The van der Waals surface area contributed by atoms with E-state index in [1.807, 2.05) is 4.90 Å². The number of hydrogen-bond donors (Lipinski definition) is 1. The van der Waals surface area contributed by atoms with Crippen LogP contribution in [0.25, 0.3) is 10.9 Å². The average molecular weight is 424 g/mol. The van der Waals surface area contributed by atoms with E-state index in [0.717, 1.165) is 19.4 Å². The molecule has 1 aromatic heterocycles. The summed E-state index contributed by atoms with van der Waals surface area (Å²) in [4.78, 5) is 12.9. The molecule has 2 fully saturated rings. The predicted octanol–water partition coefficient (Wildman–Crippen LogP) is 1.37. The topological polar surface area (TPSA) is 87.7 Å². The SMILES string of the molecule is CS(=O)(=O)NCC1CCCN(c2ncnc3cc(N4CCOCC4)c(F)cc23)C1. The van der Waals surface area contributed by atoms with Gasteiger partial charge in [0, 0.05) is 38.1 Å². The molecule has 0 bridgehead atoms. The van der Waals surface area contributed by atoms with E-state index in [1.54, 1.807) is 6.07 Å². The van der Waals surface area contributed by atoms with Crippen molar-refractivity contribution in [2.45, 2.75) is 12.8 Å². The van der Waals surface area contributed by atoms with Gasteiger partial charge < -0.3 is 14.5 Å². The molecular weight excluding hydrogens is 397 g/mol. The lowest BCUT2D eigenvalue weighted by Gasteiger charge is -2.34. The van der Waals surface area contributed by atoms with Crippen molar-refractivity contribution in [1.29, 1.82) is 0 Å². The van der Waals surface area contributed by atoms with Gasteiger partial charge in [0.05, 0.1) is 30.7 Å². The smallest absolute Gasteiger partial charge is 0.208 e. The molecule has 0 spiro atoms. The average Bonchev–Trinajstić information content (AvgIpc) is 2.72. The first kappa shape index (κ1) is 20.2. The van der Waals surface area contributed by atoms with Crippen LogP contribution in [-0.2, 0) is 14.8 Å². The van der Waals surface area contributed by atoms with Crippen LogP contribution in [0, 0.1) is 11.7 Å². The quantitative estimate of drug-likeness (QED) is 0.777. The van der Waals surface area contributed by atoms with E-state index in [1.165, 1.54) is 18.6 Å². The first-order valence-corrected chi connectivity index (χ1v) is 11.8. The number of hydrogen-bond acceptors (Lipinski definition) is 7. The number of benzene rings is 1. The Hall–Kier alpha value is -2.04. The van der Waals surface area contributed by atoms with Crippen LogP contribution in [0.4, 0.5) is 15.9 Å². The minimum absolute atomic E-state index is 0.181. The van der Waals surface area contributed by atoms with Crippen LogP contribution in [0.2, 0.25) is 0 Å². The summed E-state index contributed by atoms with van der Waals surface area (Å²) in [6.07, 6.45) is 4.55. The maximum atomic E-state index is 14.9. The summed E-state index contributed by atoms with van der Waals surface area (Å²) in [6, 6.07) is 3.31. The van der Waals surface area contributed by atoms with Gasteiger partial charge in [0.2, 0.25) is 10.0 Å². The molecule has 0 saturated carbocycles. The Kier molecular flexibility index (Phi) is 5.84. The molecule has 2 aliphatic heterocycles. The molecule has 10 heteroatoms. The number of halogens is 1. The lowest BCUT2D eigenvalue weighted by Crippen LogP contribution is -2.41. The van der Waals surface area contributed by atoms with Gasteiger partial charge in [-0.2, -0.15) is 0 Å². The molecule has 29 heavy (non-hydrogen) atoms. The van der Waals surface area contributed by atoms with Crippen molar-refractivity contribution in [2.75, 3.05) is 62.0 Å². The van der Waals surface area contributed by atoms with E-state index in [0.29, 0.717) is 61.8 Å². The minimum atomic E-state index is -3.22. The first-order valence-electron chi connectivity index (χ1n) is 9.87. The van der Waals surface area contributed by atoms with E-state index < -0.39 is 10.0 Å². The normalized spacial score (nSPS) is 21.0. The lowest BCUT2D eigenvalue weighted by molar-refractivity contribution is 0.122. The third-order valence-corrected chi connectivity index (χ3v) is 6.18. The van der Waals surface area contributed by atoms with Gasteiger partial charge in [-0.25, -0.2) is 27.5 Å². The number of morpholine rings is 1. The summed E-state index contributed by atoms with van der Waals surface area (Å²) in [7, 11) is -3.22. The number of rotatable bonds is 5. The molecule has 2 saturated heterocycles. The Labute approximate surface area is 170 Å². The van der Waals surface area contributed by atoms with Gasteiger partial charge in [-0.1, -0.05) is 0 Å². The highest BCUT2D eigenvalue weighted by Crippen LogP contribution is 2.32. The van der Waals surface area contributed by atoms with Gasteiger partial charge in [0.15, 0.2) is 0 Å². The summed E-state index contributed by atoms with van der Waals surface area (Å²) in [5, 5.41) is 0.679. The molecule has 4 rings (SSSR count). The Morgan fingerprint density at radius 1 is 1.21 bits per heavy atom. The molecule has 2 aliphatic rings. The Morgan fingerprint density at radius 2 is 2.00 bits per heavy atom. The molecule has 0 radical (unpaired) electrons. The number of nitrogens with one attached hydrogen (secondary N) is 1. The molecule has 1 aromatic carbocycles. The van der Waals surface area contributed by atoms with Gasteiger partial charge in [0.1, 0.15) is 18.0 Å². The van der Waals surface area contributed by atoms with Gasteiger partial charge in [-0.3, -0.25) is 0 Å². The van der Waals surface area contributed by atoms with Crippen LogP contribution in [-0.4, -0.2) is 70.6 Å². The van der Waals surface area contributed by atoms with Gasteiger partial charge in [-0.15, -0.1) is 0 Å². The molecule has 3 heterocycles. The third kappa shape index (κ3) is 4.76. The monoisotopic (exact) mass is 423 g/mol. The lowest BCUT2D eigenvalue weighted by atomic mass is 9.98. The van der Waals surface area contributed by atoms with Crippen molar-refractivity contribution in [2.24, 2.45) is 5.92 Å². The van der Waals surface area contributed by atoms with Crippen molar-refractivity contribution in [3.05, 3.63) is 24.3 Å². The van der Waals surface area contributed by atoms with Gasteiger partial charge >= 0.3 is 0 Å². The number of piperidine rings is 1. The summed E-state index contributed by atoms with van der Waals surface area (Å²) in [5.41, 5.74) is 1.24. The first-order chi connectivity index (χ1) is 13.9. The number of fused-ring (bicyclic) bond motifs is 1. The van der Waals surface area contributed by atoms with Crippen molar-refractivity contribution >= 4 is 32.4 Å². The Balaban J connectivity index is 1.59. The van der Waals surface area contributed by atoms with Crippen molar-refractivity contribution in [3.63, 3.8) is 0 Å². The van der Waals surface area contributed by atoms with Crippen molar-refractivity contribution in [1.82, 2.24) is 14.7 Å². The van der Waals surface area contributed by atoms with Crippen LogP contribution >= 0.6 is 0 Å². The number of aromatic nitrogens is 2. The van der Waals surface area contributed by atoms with E-state index in [9.17, 15) is 12.8 Å². The standard InChI is InChI=1S/C19H26FN5O3S/c1-29(26,27)23-11-14-3-2-4-25(12-14)19-15-9-16(20)18(10-17(15)21-13-22-19)24-5-7-28-8-6-24/h9-10,13-14,23H,2-8,11-12H2,1H3. The summed E-state index contributed by atoms with van der Waals surface area (Å²) >= 11 is 0. The maximum Gasteiger partial charge on any atom is 0.208 e. The molecule has 158 valence electrons. The van der Waals surface area contributed by atoms with E-state index in [2.05, 4.69) is 19.6 Å². The second-order valence-electron chi connectivity index (χ2n) is 7.69. The molecule has 2 aromatic rings. The van der Waals surface area contributed by atoms with Crippen LogP contribution in [0.5, 0.6) is 0 Å². The summed E-state index contributed by atoms with van der Waals surface area (Å²) in [6.45, 7) is 4.35. The zero-order chi connectivity index (χ0) is 20.4. The van der Waals surface area contributed by atoms with Crippen LogP contribution < -0.4 is 14.5 Å². The molecule has 8 nitrogen and oxygen atoms in total. The third-order valence-electron chi connectivity index (χ3n) is 5.49. The zero-order valence-corrected chi connectivity index (χ0v) is 17.3. The van der Waals surface area contributed by atoms with Gasteiger partial charge in [0.25, 0.3) is 0 Å². The van der Waals surface area contributed by atoms with Gasteiger partial charge in [-0.05, 0) is 30.9 Å². The Morgan fingerprint density at radius 3 is 2.76 bits per heavy atom. The Bertz CT molecular complexity index is 981. The zero-order valence-electron chi connectivity index (χ0n) is 16.5. The van der Waals surface area contributed by atoms with E-state index in [-0.39, 0.29) is 11.7 Å². The van der Waals surface area contributed by atoms with E-state index in [4.69, 9.17) is 4.74 Å². The molecule has 1 unspecified atom stereocenters. The highest BCUT2D eigenvalue weighted by molar-refractivity contribution is 7.88. The van der Waals surface area contributed by atoms with Crippen LogP contribution in [0.1, 0.15) is 12.8 Å². The van der Waals surface area contributed by atoms with Crippen LogP contribution in [0.15, 0.2) is 18.5 Å². The van der Waals surface area contributed by atoms with E-state index >= 15 is 0 Å². The number of anilines is 2. The predicted molar refractivity (Wildman–Crippen MR) is 110 cm³/mol. The van der Waals surface area contributed by atoms with Crippen molar-refractivity contribution in [3.8, 4) is 0 Å². The van der Waals surface area contributed by atoms with Crippen LogP contribution in [0.3, 0.4) is 0 Å². The fourth-order valence-electron chi connectivity index (χ4n) is 4.04. The second-order valence-corrected chi connectivity index (χ2v) is 9.53. The van der Waals surface area contributed by atoms with Crippen molar-refractivity contribution < 1.29 is 17.5 Å². The fraction of sp³-hybridized carbons (Fsp3) is 0.579. The molecule has 0 aliphatic carbocycles. The highest BCUT2D eigenvalue weighted by atomic mass is 32.2. The number of sulfonamides is 1. The highest BCUT2D eigenvalue weighted by Gasteiger charge is 2.24. The summed E-state index contributed by atoms with van der Waals surface area (Å²) in [5.74, 6) is 0.593. The molecule has 0 amide bonds. The maximum absolute atomic E-state index is 14.9. The number of ether oxygens (including phenoxy) is 1. The summed E-state index contributed by atoms with van der Waals surface area (Å²) < 4.78 is 45.7. The molecular formula is C19H26FN5O3S. The largest absolute Gasteiger partial charge is 0.378 e. The second kappa shape index (κ2) is 8.37. The molecule has 1 N–H and O–H groups in total. The fourth-order valence-corrected chi connectivity index (χ4v) is 4.58.